The van der Waals surface area contributed by atoms with Crippen molar-refractivity contribution in [2.45, 2.75) is 56.9 Å². The standard InChI is InChI=1S/C26H30F2N2O5/c27-25(28)22(15-24(32)33)30-23(31)13-3-1-2-8-14-29-26(34)35-16-21-19-11-6-4-9-17(19)18-10-5-7-12-20(18)21/h4-7,9-12,21-22,25H,1-3,8,13-16H2,(H,29,34)(H,30,31)(H,32,33). The van der Waals surface area contributed by atoms with Crippen molar-refractivity contribution in [1.29, 1.82) is 0 Å². The van der Waals surface area contributed by atoms with E-state index in [0.29, 0.717) is 25.8 Å². The molecule has 2 aromatic carbocycles. The normalized spacial score (nSPS) is 13.1. The number of carboxylic acid groups (broad SMARTS) is 1. The van der Waals surface area contributed by atoms with Crippen LogP contribution in [-0.2, 0) is 14.3 Å². The van der Waals surface area contributed by atoms with Gasteiger partial charge < -0.3 is 20.5 Å². The number of benzene rings is 2. The fourth-order valence-corrected chi connectivity index (χ4v) is 4.27. The molecule has 9 heteroatoms. The maximum absolute atomic E-state index is 12.8. The van der Waals surface area contributed by atoms with E-state index in [0.717, 1.165) is 28.7 Å². The molecule has 0 spiro atoms. The molecule has 1 atom stereocenters. The zero-order chi connectivity index (χ0) is 25.2. The smallest absolute Gasteiger partial charge is 0.407 e. The highest BCUT2D eigenvalue weighted by Gasteiger charge is 2.29. The molecule has 1 aliphatic carbocycles. The fraction of sp³-hybridized carbons (Fsp3) is 0.423. The Hall–Kier alpha value is -3.49. The molecule has 0 aliphatic heterocycles. The van der Waals surface area contributed by atoms with Crippen molar-refractivity contribution in [2.24, 2.45) is 0 Å². The Morgan fingerprint density at radius 1 is 0.914 bits per heavy atom. The van der Waals surface area contributed by atoms with Gasteiger partial charge in [0.2, 0.25) is 5.91 Å². The van der Waals surface area contributed by atoms with Crippen molar-refractivity contribution in [2.75, 3.05) is 13.2 Å². The van der Waals surface area contributed by atoms with Gasteiger partial charge >= 0.3 is 12.1 Å². The van der Waals surface area contributed by atoms with Crippen LogP contribution in [-0.4, -0.2) is 48.7 Å². The first-order valence-electron chi connectivity index (χ1n) is 11.7. The first kappa shape index (κ1) is 26.1. The summed E-state index contributed by atoms with van der Waals surface area (Å²) in [6, 6.07) is 14.5. The average Bonchev–Trinajstić information content (AvgIpc) is 3.15. The minimum atomic E-state index is -2.93. The van der Waals surface area contributed by atoms with Gasteiger partial charge in [-0.25, -0.2) is 13.6 Å². The highest BCUT2D eigenvalue weighted by molar-refractivity contribution is 5.79. The van der Waals surface area contributed by atoms with Crippen LogP contribution in [0.1, 0.15) is 55.6 Å². The lowest BCUT2D eigenvalue weighted by Crippen LogP contribution is -2.41. The van der Waals surface area contributed by atoms with Crippen LogP contribution in [0.4, 0.5) is 13.6 Å². The maximum atomic E-state index is 12.8. The molecule has 35 heavy (non-hydrogen) atoms. The van der Waals surface area contributed by atoms with E-state index in [9.17, 15) is 23.2 Å². The first-order valence-corrected chi connectivity index (χ1v) is 11.7. The number of rotatable bonds is 13. The quantitative estimate of drug-likeness (QED) is 0.355. The third-order valence-electron chi connectivity index (χ3n) is 5.99. The summed E-state index contributed by atoms with van der Waals surface area (Å²) in [7, 11) is 0. The zero-order valence-corrected chi connectivity index (χ0v) is 19.3. The predicted molar refractivity (Wildman–Crippen MR) is 126 cm³/mol. The van der Waals surface area contributed by atoms with Gasteiger partial charge in [-0.3, -0.25) is 9.59 Å². The molecule has 1 unspecified atom stereocenters. The molecule has 3 N–H and O–H groups in total. The summed E-state index contributed by atoms with van der Waals surface area (Å²) >= 11 is 0. The van der Waals surface area contributed by atoms with Crippen molar-refractivity contribution in [1.82, 2.24) is 10.6 Å². The van der Waals surface area contributed by atoms with Gasteiger partial charge in [0.05, 0.1) is 6.42 Å². The van der Waals surface area contributed by atoms with Gasteiger partial charge in [0, 0.05) is 18.9 Å². The lowest BCUT2D eigenvalue weighted by atomic mass is 9.98. The monoisotopic (exact) mass is 488 g/mol. The summed E-state index contributed by atoms with van der Waals surface area (Å²) in [4.78, 5) is 34.5. The van der Waals surface area contributed by atoms with Gasteiger partial charge in [0.1, 0.15) is 12.6 Å². The summed E-state index contributed by atoms with van der Waals surface area (Å²) in [6.45, 7) is 0.672. The van der Waals surface area contributed by atoms with Crippen LogP contribution in [0.25, 0.3) is 11.1 Å². The minimum absolute atomic E-state index is 0.000497. The molecule has 0 aromatic heterocycles. The van der Waals surface area contributed by atoms with Crippen LogP contribution in [0.15, 0.2) is 48.5 Å². The van der Waals surface area contributed by atoms with E-state index in [1.165, 1.54) is 0 Å². The van der Waals surface area contributed by atoms with Gasteiger partial charge in [0.25, 0.3) is 6.43 Å². The molecule has 188 valence electrons. The summed E-state index contributed by atoms with van der Waals surface area (Å²) in [5.41, 5.74) is 4.62. The number of hydrogen-bond donors (Lipinski definition) is 3. The van der Waals surface area contributed by atoms with Gasteiger partial charge in [-0.1, -0.05) is 61.4 Å². The van der Waals surface area contributed by atoms with Crippen LogP contribution >= 0.6 is 0 Å². The molecule has 0 fully saturated rings. The second-order valence-electron chi connectivity index (χ2n) is 8.52. The predicted octanol–water partition coefficient (Wildman–Crippen LogP) is 4.70. The van der Waals surface area contributed by atoms with Crippen LogP contribution in [0, 0.1) is 0 Å². The third kappa shape index (κ3) is 7.50. The summed E-state index contributed by atoms with van der Waals surface area (Å²) < 4.78 is 31.0. The second-order valence-corrected chi connectivity index (χ2v) is 8.52. The Balaban J connectivity index is 1.29. The number of carbonyl (C=O) groups is 3. The van der Waals surface area contributed by atoms with Crippen LogP contribution in [0.5, 0.6) is 0 Å². The van der Waals surface area contributed by atoms with E-state index < -0.39 is 36.9 Å². The summed E-state index contributed by atoms with van der Waals surface area (Å²) in [5.74, 6) is -1.98. The van der Waals surface area contributed by atoms with Crippen molar-refractivity contribution in [3.05, 3.63) is 59.7 Å². The highest BCUT2D eigenvalue weighted by Crippen LogP contribution is 2.44. The number of hydrogen-bond acceptors (Lipinski definition) is 4. The molecule has 3 rings (SSSR count). The number of amides is 2. The number of carbonyl (C=O) groups excluding carboxylic acids is 2. The van der Waals surface area contributed by atoms with E-state index >= 15 is 0 Å². The average molecular weight is 489 g/mol. The molecule has 0 saturated heterocycles. The number of carboxylic acids is 1. The Labute approximate surface area is 202 Å². The molecular formula is C26H30F2N2O5. The fourth-order valence-electron chi connectivity index (χ4n) is 4.27. The van der Waals surface area contributed by atoms with E-state index in [2.05, 4.69) is 34.9 Å². The van der Waals surface area contributed by atoms with Gasteiger partial charge in [-0.05, 0) is 35.1 Å². The van der Waals surface area contributed by atoms with Gasteiger partial charge in [-0.2, -0.15) is 0 Å². The second kappa shape index (κ2) is 12.8. The van der Waals surface area contributed by atoms with Gasteiger partial charge in [0.15, 0.2) is 0 Å². The third-order valence-corrected chi connectivity index (χ3v) is 5.99. The molecule has 0 saturated carbocycles. The van der Waals surface area contributed by atoms with Crippen molar-refractivity contribution in [3.63, 3.8) is 0 Å². The maximum Gasteiger partial charge on any atom is 0.407 e. The molecular weight excluding hydrogens is 458 g/mol. The summed E-state index contributed by atoms with van der Waals surface area (Å²) in [5, 5.41) is 13.4. The highest BCUT2D eigenvalue weighted by atomic mass is 19.3. The van der Waals surface area contributed by atoms with Crippen molar-refractivity contribution < 1.29 is 33.0 Å². The molecule has 0 heterocycles. The van der Waals surface area contributed by atoms with Crippen LogP contribution in [0.2, 0.25) is 0 Å². The van der Waals surface area contributed by atoms with Gasteiger partial charge in [-0.15, -0.1) is 0 Å². The van der Waals surface area contributed by atoms with E-state index in [4.69, 9.17) is 9.84 Å². The SMILES string of the molecule is O=C(O)CC(NC(=O)CCCCCCNC(=O)OCC1c2ccccc2-c2ccccc21)C(F)F. The van der Waals surface area contributed by atoms with Crippen molar-refractivity contribution in [3.8, 4) is 11.1 Å². The Morgan fingerprint density at radius 3 is 2.11 bits per heavy atom. The zero-order valence-electron chi connectivity index (χ0n) is 19.3. The van der Waals surface area contributed by atoms with Crippen molar-refractivity contribution >= 4 is 18.0 Å². The Morgan fingerprint density at radius 2 is 1.51 bits per heavy atom. The lowest BCUT2D eigenvalue weighted by Gasteiger charge is -2.15. The molecule has 0 bridgehead atoms. The number of fused-ring (bicyclic) bond motifs is 3. The van der Waals surface area contributed by atoms with Crippen LogP contribution < -0.4 is 10.6 Å². The largest absolute Gasteiger partial charge is 0.481 e. The first-order chi connectivity index (χ1) is 16.9. The number of ether oxygens (including phenoxy) is 1. The van der Waals surface area contributed by atoms with E-state index in [1.54, 1.807) is 0 Å². The molecule has 1 aliphatic rings. The molecule has 7 nitrogen and oxygen atoms in total. The number of unbranched alkanes of at least 4 members (excludes halogenated alkanes) is 3. The topological polar surface area (TPSA) is 105 Å². The minimum Gasteiger partial charge on any atom is -0.481 e. The summed E-state index contributed by atoms with van der Waals surface area (Å²) in [6.07, 6.45) is -1.60. The molecule has 0 radical (unpaired) electrons. The Bertz CT molecular complexity index is 985. The van der Waals surface area contributed by atoms with E-state index in [1.807, 2.05) is 24.3 Å². The molecule has 2 amide bonds. The number of halogens is 2. The lowest BCUT2D eigenvalue weighted by molar-refractivity contribution is -0.139. The number of alkyl halides is 2. The Kier molecular flexibility index (Phi) is 9.57. The number of alkyl carbamates (subject to hydrolysis) is 1. The van der Waals surface area contributed by atoms with Crippen LogP contribution in [0.3, 0.4) is 0 Å². The molecule has 2 aromatic rings. The van der Waals surface area contributed by atoms with E-state index in [-0.39, 0.29) is 18.9 Å². The number of aliphatic carboxylic acids is 1. The number of nitrogens with one attached hydrogen (secondary N) is 2.